The van der Waals surface area contributed by atoms with Crippen molar-refractivity contribution in [2.24, 2.45) is 0 Å². The van der Waals surface area contributed by atoms with Gasteiger partial charge in [0.1, 0.15) is 11.0 Å². The molecule has 1 unspecified atom stereocenters. The molecule has 1 atom stereocenters. The van der Waals surface area contributed by atoms with Gasteiger partial charge in [-0.15, -0.1) is 0 Å². The number of anilines is 2. The van der Waals surface area contributed by atoms with E-state index in [0.29, 0.717) is 16.3 Å². The van der Waals surface area contributed by atoms with Crippen molar-refractivity contribution in [1.29, 1.82) is 0 Å². The summed E-state index contributed by atoms with van der Waals surface area (Å²) in [6, 6.07) is 13.1. The normalized spacial score (nSPS) is 11.6. The number of nitrogens with one attached hydrogen (secondary N) is 2. The van der Waals surface area contributed by atoms with E-state index in [0.717, 1.165) is 16.7 Å². The van der Waals surface area contributed by atoms with Crippen LogP contribution in [-0.4, -0.2) is 25.5 Å². The molecule has 0 fully saturated rings. The lowest BCUT2D eigenvalue weighted by Crippen LogP contribution is -2.09. The van der Waals surface area contributed by atoms with Gasteiger partial charge in [0.15, 0.2) is 0 Å². The largest absolute Gasteiger partial charge is 0.478 e. The summed E-state index contributed by atoms with van der Waals surface area (Å²) in [6.07, 6.45) is 3.39. The zero-order valence-electron chi connectivity index (χ0n) is 14.3. The smallest absolute Gasteiger partial charge is 0.335 e. The zero-order chi connectivity index (χ0) is 19.4. The molecule has 0 aliphatic heterocycles. The molecule has 0 radical (unpaired) electrons. The van der Waals surface area contributed by atoms with Crippen LogP contribution in [0.5, 0.6) is 0 Å². The van der Waals surface area contributed by atoms with E-state index in [1.807, 2.05) is 19.1 Å². The molecule has 0 aliphatic rings. The van der Waals surface area contributed by atoms with Gasteiger partial charge in [0.2, 0.25) is 0 Å². The van der Waals surface area contributed by atoms with Gasteiger partial charge < -0.3 is 5.11 Å². The maximum atomic E-state index is 12.7. The standard InChI is InChI=1S/C19H17N3O4S/c1-12-8-17(21-25)18(10-16(12)14-5-3-7-20-11-14)22-27(26)15-6-2-4-13(9-15)19(23)24/h2-11,21-22,25H,1H3,(H,23,24). The van der Waals surface area contributed by atoms with Gasteiger partial charge in [0.25, 0.3) is 0 Å². The Labute approximate surface area is 158 Å². The number of benzene rings is 2. The van der Waals surface area contributed by atoms with Crippen LogP contribution in [0, 0.1) is 6.92 Å². The molecule has 7 nitrogen and oxygen atoms in total. The molecule has 2 aromatic carbocycles. The van der Waals surface area contributed by atoms with Gasteiger partial charge in [-0.1, -0.05) is 12.1 Å². The lowest BCUT2D eigenvalue weighted by atomic mass is 10.0. The Morgan fingerprint density at radius 2 is 1.93 bits per heavy atom. The summed E-state index contributed by atoms with van der Waals surface area (Å²) in [5, 5.41) is 18.5. The SMILES string of the molecule is Cc1cc(NO)c(NS(=O)c2cccc(C(=O)O)c2)cc1-c1cccnc1. The highest BCUT2D eigenvalue weighted by Crippen LogP contribution is 2.32. The van der Waals surface area contributed by atoms with Gasteiger partial charge in [-0.05, 0) is 54.4 Å². The van der Waals surface area contributed by atoms with Crippen molar-refractivity contribution in [3.8, 4) is 11.1 Å². The Balaban J connectivity index is 1.97. The fourth-order valence-corrected chi connectivity index (χ4v) is 3.54. The number of hydrogen-bond donors (Lipinski definition) is 4. The molecular weight excluding hydrogens is 366 g/mol. The molecule has 3 aromatic rings. The Morgan fingerprint density at radius 1 is 1.11 bits per heavy atom. The van der Waals surface area contributed by atoms with Crippen LogP contribution in [0.25, 0.3) is 11.1 Å². The summed E-state index contributed by atoms with van der Waals surface area (Å²) in [4.78, 5) is 15.5. The van der Waals surface area contributed by atoms with Gasteiger partial charge in [0, 0.05) is 18.0 Å². The second kappa shape index (κ2) is 7.98. The summed E-state index contributed by atoms with van der Waals surface area (Å²) in [7, 11) is -1.72. The van der Waals surface area contributed by atoms with Crippen LogP contribution in [0.4, 0.5) is 11.4 Å². The zero-order valence-corrected chi connectivity index (χ0v) is 15.2. The number of aromatic carboxylic acids is 1. The maximum Gasteiger partial charge on any atom is 0.335 e. The van der Waals surface area contributed by atoms with Gasteiger partial charge in [0.05, 0.1) is 21.8 Å². The van der Waals surface area contributed by atoms with Crippen molar-refractivity contribution in [3.05, 3.63) is 72.1 Å². The van der Waals surface area contributed by atoms with E-state index in [1.54, 1.807) is 30.6 Å². The molecule has 1 heterocycles. The van der Waals surface area contributed by atoms with Crippen molar-refractivity contribution in [3.63, 3.8) is 0 Å². The number of carbonyl (C=O) groups is 1. The van der Waals surface area contributed by atoms with Crippen LogP contribution < -0.4 is 10.2 Å². The van der Waals surface area contributed by atoms with Crippen LogP contribution in [-0.2, 0) is 11.0 Å². The molecule has 27 heavy (non-hydrogen) atoms. The van der Waals surface area contributed by atoms with Gasteiger partial charge in [-0.2, -0.15) is 0 Å². The van der Waals surface area contributed by atoms with Crippen LogP contribution in [0.2, 0.25) is 0 Å². The summed E-state index contributed by atoms with van der Waals surface area (Å²) in [6.45, 7) is 1.89. The Hall–Kier alpha value is -3.23. The number of carboxylic acids is 1. The predicted molar refractivity (Wildman–Crippen MR) is 103 cm³/mol. The van der Waals surface area contributed by atoms with E-state index < -0.39 is 17.0 Å². The molecule has 0 spiro atoms. The average Bonchev–Trinajstić information content (AvgIpc) is 2.69. The minimum Gasteiger partial charge on any atom is -0.478 e. The Morgan fingerprint density at radius 3 is 2.59 bits per heavy atom. The molecule has 0 amide bonds. The summed E-state index contributed by atoms with van der Waals surface area (Å²) >= 11 is 0. The molecule has 1 aromatic heterocycles. The third-order valence-electron chi connectivity index (χ3n) is 3.96. The Kier molecular flexibility index (Phi) is 5.49. The number of aromatic nitrogens is 1. The topological polar surface area (TPSA) is 112 Å². The summed E-state index contributed by atoms with van der Waals surface area (Å²) < 4.78 is 15.5. The highest BCUT2D eigenvalue weighted by Gasteiger charge is 2.13. The second-order valence-corrected chi connectivity index (χ2v) is 6.98. The van der Waals surface area contributed by atoms with E-state index >= 15 is 0 Å². The maximum absolute atomic E-state index is 12.7. The van der Waals surface area contributed by atoms with Crippen molar-refractivity contribution in [2.75, 3.05) is 10.2 Å². The van der Waals surface area contributed by atoms with Crippen LogP contribution in [0.1, 0.15) is 15.9 Å². The molecule has 138 valence electrons. The van der Waals surface area contributed by atoms with E-state index in [9.17, 15) is 14.2 Å². The van der Waals surface area contributed by atoms with Gasteiger partial charge in [-0.3, -0.25) is 20.4 Å². The summed E-state index contributed by atoms with van der Waals surface area (Å²) in [5.74, 6) is -1.10. The number of hydrogen-bond acceptors (Lipinski definition) is 5. The van der Waals surface area contributed by atoms with Crippen molar-refractivity contribution in [2.45, 2.75) is 11.8 Å². The molecule has 8 heteroatoms. The lowest BCUT2D eigenvalue weighted by Gasteiger charge is -2.15. The molecule has 0 bridgehead atoms. The number of pyridine rings is 1. The first kappa shape index (κ1) is 18.6. The molecular formula is C19H17N3O4S. The van der Waals surface area contributed by atoms with E-state index in [4.69, 9.17) is 5.11 Å². The number of aryl methyl sites for hydroxylation is 1. The third kappa shape index (κ3) is 4.13. The van der Waals surface area contributed by atoms with E-state index in [1.165, 1.54) is 18.2 Å². The van der Waals surface area contributed by atoms with Gasteiger partial charge >= 0.3 is 5.97 Å². The second-order valence-electron chi connectivity index (χ2n) is 5.77. The quantitative estimate of drug-likeness (QED) is 0.483. The van der Waals surface area contributed by atoms with Crippen molar-refractivity contribution in [1.82, 2.24) is 4.98 Å². The monoisotopic (exact) mass is 383 g/mol. The average molecular weight is 383 g/mol. The van der Waals surface area contributed by atoms with Crippen molar-refractivity contribution < 1.29 is 19.3 Å². The first-order valence-corrected chi connectivity index (χ1v) is 9.11. The lowest BCUT2D eigenvalue weighted by molar-refractivity contribution is 0.0696. The fraction of sp³-hybridized carbons (Fsp3) is 0.0526. The van der Waals surface area contributed by atoms with Gasteiger partial charge in [-0.25, -0.2) is 9.00 Å². The van der Waals surface area contributed by atoms with Crippen LogP contribution >= 0.6 is 0 Å². The molecule has 0 saturated carbocycles. The van der Waals surface area contributed by atoms with E-state index in [-0.39, 0.29) is 5.56 Å². The number of carboxylic acid groups (broad SMARTS) is 1. The summed E-state index contributed by atoms with van der Waals surface area (Å²) in [5.41, 5.74) is 5.52. The molecule has 3 rings (SSSR count). The van der Waals surface area contributed by atoms with Crippen molar-refractivity contribution >= 4 is 28.3 Å². The van der Waals surface area contributed by atoms with Crippen LogP contribution in [0.15, 0.2) is 65.8 Å². The highest BCUT2D eigenvalue weighted by atomic mass is 32.2. The predicted octanol–water partition coefficient (Wildman–Crippen LogP) is 3.69. The highest BCUT2D eigenvalue weighted by molar-refractivity contribution is 7.86. The first-order chi connectivity index (χ1) is 13.0. The van der Waals surface area contributed by atoms with Crippen LogP contribution in [0.3, 0.4) is 0 Å². The Bertz CT molecular complexity index is 1010. The fourth-order valence-electron chi connectivity index (χ4n) is 2.62. The minimum absolute atomic E-state index is 0.0445. The molecule has 0 aliphatic carbocycles. The third-order valence-corrected chi connectivity index (χ3v) is 5.04. The first-order valence-electron chi connectivity index (χ1n) is 7.96. The van der Waals surface area contributed by atoms with E-state index in [2.05, 4.69) is 15.2 Å². The molecule has 4 N–H and O–H groups in total. The molecule has 0 saturated heterocycles. The number of nitrogens with zero attached hydrogens (tertiary/aromatic N) is 1. The number of rotatable bonds is 6. The minimum atomic E-state index is -1.72.